The average Bonchev–Trinajstić information content (AvgIpc) is 3.57. The molecule has 0 saturated heterocycles. The molecule has 3 heteroatoms. The molecule has 0 amide bonds. The zero-order valence-electron chi connectivity index (χ0n) is 24.8. The minimum Gasteiger partial charge on any atom is -0.345 e. The van der Waals surface area contributed by atoms with Crippen LogP contribution in [0.25, 0.3) is 38.7 Å². The number of aliphatic imine (C=N–C) groups is 1. The van der Waals surface area contributed by atoms with E-state index in [1.54, 1.807) is 11.1 Å². The second-order valence-corrected chi connectivity index (χ2v) is 14.5. The van der Waals surface area contributed by atoms with Gasteiger partial charge in [-0.25, -0.2) is 4.98 Å². The Morgan fingerprint density at radius 3 is 1.93 bits per heavy atom. The van der Waals surface area contributed by atoms with Crippen LogP contribution in [0.3, 0.4) is 0 Å². The number of hydrogen-bond donors (Lipinski definition) is 1. The first-order valence-electron chi connectivity index (χ1n) is 15.2. The molecule has 3 aliphatic carbocycles. The van der Waals surface area contributed by atoms with Crippen LogP contribution in [0.1, 0.15) is 93.7 Å². The van der Waals surface area contributed by atoms with Crippen molar-refractivity contribution in [3.05, 3.63) is 81.4 Å². The largest absolute Gasteiger partial charge is 0.345 e. The summed E-state index contributed by atoms with van der Waals surface area (Å²) in [6.45, 7) is 13.6. The van der Waals surface area contributed by atoms with Crippen molar-refractivity contribution in [3.8, 4) is 22.4 Å². The second-order valence-electron chi connectivity index (χ2n) is 14.5. The van der Waals surface area contributed by atoms with Crippen molar-refractivity contribution < 1.29 is 0 Å². The van der Waals surface area contributed by atoms with Gasteiger partial charge in [-0.1, -0.05) is 77.9 Å². The maximum Gasteiger partial charge on any atom is 0.112 e. The molecule has 3 aromatic carbocycles. The van der Waals surface area contributed by atoms with E-state index in [9.17, 15) is 0 Å². The summed E-state index contributed by atoms with van der Waals surface area (Å²) >= 11 is 0. The van der Waals surface area contributed by atoms with Crippen LogP contribution in [-0.4, -0.2) is 15.7 Å². The number of nitrogens with zero attached hydrogens (tertiary/aromatic N) is 2. The van der Waals surface area contributed by atoms with Crippen LogP contribution in [0.15, 0.2) is 47.1 Å². The Morgan fingerprint density at radius 1 is 0.600 bits per heavy atom. The topological polar surface area (TPSA) is 41.0 Å². The number of rotatable bonds is 0. The summed E-state index contributed by atoms with van der Waals surface area (Å²) in [5.74, 6) is 1.10. The summed E-state index contributed by atoms with van der Waals surface area (Å²) in [6, 6.07) is 14.4. The maximum atomic E-state index is 5.11. The van der Waals surface area contributed by atoms with Crippen molar-refractivity contribution in [2.75, 3.05) is 0 Å². The van der Waals surface area contributed by atoms with Crippen molar-refractivity contribution in [3.63, 3.8) is 0 Å². The highest BCUT2D eigenvalue weighted by atomic mass is 15.0. The van der Waals surface area contributed by atoms with Crippen LogP contribution in [0.2, 0.25) is 0 Å². The van der Waals surface area contributed by atoms with Gasteiger partial charge in [-0.2, -0.15) is 0 Å². The molecule has 0 atom stereocenters. The first-order chi connectivity index (χ1) is 19.1. The van der Waals surface area contributed by atoms with Crippen LogP contribution >= 0.6 is 0 Å². The van der Waals surface area contributed by atoms with E-state index in [4.69, 9.17) is 9.98 Å². The lowest BCUT2D eigenvalue weighted by Gasteiger charge is -2.28. The van der Waals surface area contributed by atoms with Gasteiger partial charge in [-0.3, -0.25) is 4.99 Å². The van der Waals surface area contributed by atoms with Crippen LogP contribution in [-0.2, 0) is 37.5 Å². The molecular weight excluding hydrogens is 486 g/mol. The van der Waals surface area contributed by atoms with Gasteiger partial charge < -0.3 is 4.98 Å². The van der Waals surface area contributed by atoms with Gasteiger partial charge in [0.2, 0.25) is 0 Å². The fourth-order valence-electron chi connectivity index (χ4n) is 7.68. The number of H-pyrrole nitrogens is 1. The third kappa shape index (κ3) is 3.42. The molecule has 0 fully saturated rings. The normalized spacial score (nSPS) is 17.6. The molecule has 1 aromatic heterocycles. The highest BCUT2D eigenvalue weighted by Crippen LogP contribution is 2.47. The monoisotopic (exact) mass is 525 g/mol. The van der Waals surface area contributed by atoms with E-state index in [-0.39, 0.29) is 10.8 Å². The number of allylic oxidation sites excluding steroid dienone is 2. The maximum absolute atomic E-state index is 5.11. The molecule has 0 spiro atoms. The molecule has 3 nitrogen and oxygen atoms in total. The molecule has 0 radical (unpaired) electrons. The van der Waals surface area contributed by atoms with Gasteiger partial charge in [0, 0.05) is 39.9 Å². The molecule has 4 aliphatic rings. The van der Waals surface area contributed by atoms with E-state index in [0.717, 1.165) is 50.8 Å². The standard InChI is InChI=1S/C37H39N3/c1-36(2,3)33-19-30-28-12-11-22-20-9-10-25-24(21(20)7-8-23(22)26(28)15-17-31(30)38-33)13-14-29-27(25)16-18-32-34(29)40-35(39-32)37(4,5)6/h7-8,11-14H,9-10,15-19H2,1-6H3,(H,39,40). The number of benzene rings is 3. The van der Waals surface area contributed by atoms with E-state index >= 15 is 0 Å². The Kier molecular flexibility index (Phi) is 4.90. The van der Waals surface area contributed by atoms with Gasteiger partial charge in [0.05, 0.1) is 5.69 Å². The van der Waals surface area contributed by atoms with Crippen LogP contribution in [0.5, 0.6) is 0 Å². The highest BCUT2D eigenvalue weighted by Gasteiger charge is 2.33. The molecule has 0 saturated carbocycles. The summed E-state index contributed by atoms with van der Waals surface area (Å²) in [4.78, 5) is 13.9. The second kappa shape index (κ2) is 8.06. The van der Waals surface area contributed by atoms with Crippen molar-refractivity contribution in [2.24, 2.45) is 10.4 Å². The van der Waals surface area contributed by atoms with Crippen molar-refractivity contribution in [1.29, 1.82) is 0 Å². The Bertz CT molecular complexity index is 1830. The predicted octanol–water partition coefficient (Wildman–Crippen LogP) is 8.94. The third-order valence-corrected chi connectivity index (χ3v) is 9.90. The van der Waals surface area contributed by atoms with Gasteiger partial charge >= 0.3 is 0 Å². The number of aromatic amines is 1. The average molecular weight is 526 g/mol. The molecule has 4 aromatic rings. The number of fused-ring (bicyclic) bond motifs is 12. The van der Waals surface area contributed by atoms with Crippen molar-refractivity contribution in [2.45, 2.75) is 91.9 Å². The Morgan fingerprint density at radius 2 is 1.18 bits per heavy atom. The SMILES string of the molecule is CC(C)(C)C1=NC2=C(C1)c1ccc3c4c(ccc3c1CC2)-c1ccc2c(c1CC4)CCc1[nH]c(C(C)(C)C)nc1-2. The molecule has 0 bridgehead atoms. The zero-order chi connectivity index (χ0) is 27.6. The van der Waals surface area contributed by atoms with E-state index in [1.165, 1.54) is 72.5 Å². The van der Waals surface area contributed by atoms with Gasteiger partial charge in [-0.15, -0.1) is 0 Å². The zero-order valence-corrected chi connectivity index (χ0v) is 24.8. The fourth-order valence-corrected chi connectivity index (χ4v) is 7.68. The van der Waals surface area contributed by atoms with Gasteiger partial charge in [0.25, 0.3) is 0 Å². The molecule has 1 N–H and O–H groups in total. The molecule has 202 valence electrons. The summed E-state index contributed by atoms with van der Waals surface area (Å²) in [7, 11) is 0. The molecule has 2 heterocycles. The molecular formula is C37H39N3. The molecule has 8 rings (SSSR count). The number of aromatic nitrogens is 2. The van der Waals surface area contributed by atoms with Gasteiger partial charge in [0.1, 0.15) is 5.82 Å². The van der Waals surface area contributed by atoms with E-state index in [0.29, 0.717) is 0 Å². The molecule has 0 unspecified atom stereocenters. The summed E-state index contributed by atoms with van der Waals surface area (Å²) in [6.07, 6.45) is 7.56. The van der Waals surface area contributed by atoms with Crippen LogP contribution in [0.4, 0.5) is 0 Å². The Labute approximate surface area is 237 Å². The minimum absolute atomic E-state index is 0.0304. The first-order valence-corrected chi connectivity index (χ1v) is 15.2. The van der Waals surface area contributed by atoms with Gasteiger partial charge in [0.15, 0.2) is 0 Å². The lowest BCUT2D eigenvalue weighted by atomic mass is 9.76. The minimum atomic E-state index is 0.0304. The summed E-state index contributed by atoms with van der Waals surface area (Å²) in [5.41, 5.74) is 18.7. The van der Waals surface area contributed by atoms with E-state index in [2.05, 4.69) is 82.9 Å². The highest BCUT2D eigenvalue weighted by molar-refractivity contribution is 6.06. The van der Waals surface area contributed by atoms with E-state index in [1.807, 2.05) is 0 Å². The van der Waals surface area contributed by atoms with Crippen LogP contribution < -0.4 is 0 Å². The lowest BCUT2D eigenvalue weighted by Crippen LogP contribution is -2.18. The summed E-state index contributed by atoms with van der Waals surface area (Å²) < 4.78 is 0. The quantitative estimate of drug-likeness (QED) is 0.245. The predicted molar refractivity (Wildman–Crippen MR) is 167 cm³/mol. The lowest BCUT2D eigenvalue weighted by molar-refractivity contribution is 0.551. The van der Waals surface area contributed by atoms with Crippen molar-refractivity contribution >= 4 is 22.1 Å². The molecule has 40 heavy (non-hydrogen) atoms. The van der Waals surface area contributed by atoms with Crippen molar-refractivity contribution in [1.82, 2.24) is 9.97 Å². The van der Waals surface area contributed by atoms with Crippen LogP contribution in [0, 0.1) is 5.41 Å². The first kappa shape index (κ1) is 24.3. The summed E-state index contributed by atoms with van der Waals surface area (Å²) in [5, 5.41) is 2.92. The third-order valence-electron chi connectivity index (χ3n) is 9.90. The van der Waals surface area contributed by atoms with E-state index < -0.39 is 0 Å². The number of aryl methyl sites for hydroxylation is 3. The molecule has 1 aliphatic heterocycles. The number of nitrogens with one attached hydrogen (secondary N) is 1. The smallest absolute Gasteiger partial charge is 0.112 e. The number of imidazole rings is 1. The Balaban J connectivity index is 1.21. The fraction of sp³-hybridized carbons (Fsp3) is 0.405. The number of hydrogen-bond acceptors (Lipinski definition) is 2. The Hall–Kier alpha value is -3.46. The van der Waals surface area contributed by atoms with Gasteiger partial charge in [-0.05, 0) is 93.8 Å².